The molecule has 6 N–H and O–H groups in total. The van der Waals surface area contributed by atoms with E-state index >= 15 is 0 Å². The number of nitrogens with zero attached hydrogens (tertiary/aromatic N) is 6. The van der Waals surface area contributed by atoms with Gasteiger partial charge in [-0.2, -0.15) is 0 Å². The standard InChI is InChI=1S/C76H66Cl4N12O4S4/c1-33(2)25-29-93-61-49-45(57-65(53(61)77)97-41-21-13-9-17-37(41)81-57)69-85-73(49)89-70-46-50(62(94-30-26-34(3)4)54(78)66-58(46)82-38-18-10-14-22-42(38)98-66)75(86-70)91-72-48-52(64(96-32-28-36(7)8)56(80)68-60(48)84-40-20-12-16-24-44(40)100-68)76(88-72)92-71-47-51(74(87-71)90-69)63(95-31-27-35(5)6)55(79)67-59(47)83-39-19-11-15-23-43(39)99-67/h9-24,33-36,81-84H,25-32H2,1-8H3,(H2,85,86,87,88,89,90,91,92). The van der Waals surface area contributed by atoms with Crippen molar-refractivity contribution in [3.8, 4) is 68.5 Å². The molecule has 6 aliphatic heterocycles. The van der Waals surface area contributed by atoms with Gasteiger partial charge in [-0.1, -0.05) is 197 Å². The highest BCUT2D eigenvalue weighted by atomic mass is 35.5. The van der Waals surface area contributed by atoms with E-state index in [2.05, 4.69) is 135 Å². The smallest absolute Gasteiger partial charge is 0.168 e. The molecular weight excluding hydrogens is 1410 g/mol. The van der Waals surface area contributed by atoms with Crippen LogP contribution in [-0.2, 0) is 0 Å². The first kappa shape index (κ1) is 65.4. The Morgan fingerprint density at radius 1 is 0.320 bits per heavy atom. The average Bonchev–Trinajstić information content (AvgIpc) is 1.53. The molecule has 506 valence electrons. The quantitative estimate of drug-likeness (QED) is 0.0534. The van der Waals surface area contributed by atoms with E-state index in [1.54, 1.807) is 47.0 Å². The largest absolute Gasteiger partial charge is 0.491 e. The van der Waals surface area contributed by atoms with E-state index in [9.17, 15) is 0 Å². The van der Waals surface area contributed by atoms with Gasteiger partial charge in [-0.05, 0) is 97.9 Å². The summed E-state index contributed by atoms with van der Waals surface area (Å²) < 4.78 is 28.3. The fourth-order valence-corrected chi connectivity index (χ4v) is 18.7. The molecule has 0 unspecified atom stereocenters. The van der Waals surface area contributed by atoms with Gasteiger partial charge < -0.3 is 50.2 Å². The number of para-hydroxylation sites is 4. The number of anilines is 8. The van der Waals surface area contributed by atoms with Crippen molar-refractivity contribution in [3.63, 3.8) is 0 Å². The summed E-state index contributed by atoms with van der Waals surface area (Å²) in [7, 11) is 0. The zero-order valence-corrected chi connectivity index (χ0v) is 62.0. The van der Waals surface area contributed by atoms with Gasteiger partial charge in [0.15, 0.2) is 46.3 Å². The van der Waals surface area contributed by atoms with E-state index in [-0.39, 0.29) is 23.3 Å². The van der Waals surface area contributed by atoms with Gasteiger partial charge in [0.05, 0.1) is 155 Å². The maximum absolute atomic E-state index is 7.91. The fraction of sp³-hybridized carbons (Fsp3) is 0.263. The number of rotatable bonds is 16. The van der Waals surface area contributed by atoms with Crippen molar-refractivity contribution in [2.24, 2.45) is 23.7 Å². The Morgan fingerprint density at radius 3 is 0.900 bits per heavy atom. The Kier molecular flexibility index (Phi) is 17.1. The topological polar surface area (TPSA) is 194 Å². The molecular formula is C76H66Cl4N12O4S4. The summed E-state index contributed by atoms with van der Waals surface area (Å²) in [6.07, 6.45) is 2.95. The highest BCUT2D eigenvalue weighted by molar-refractivity contribution is 8.00. The second kappa shape index (κ2) is 26.2. The summed E-state index contributed by atoms with van der Waals surface area (Å²) in [5.41, 5.74) is 9.94. The first-order valence-electron chi connectivity index (χ1n) is 33.6. The van der Waals surface area contributed by atoms with Crippen LogP contribution >= 0.6 is 93.5 Å². The number of aromatic nitrogens is 8. The molecule has 8 aromatic carbocycles. The van der Waals surface area contributed by atoms with E-state index in [4.69, 9.17) is 95.3 Å². The van der Waals surface area contributed by atoms with Crippen molar-refractivity contribution in [2.75, 3.05) is 47.7 Å². The molecule has 0 saturated heterocycles. The van der Waals surface area contributed by atoms with Crippen molar-refractivity contribution in [3.05, 3.63) is 117 Å². The number of halogens is 4. The minimum Gasteiger partial charge on any atom is -0.491 e. The third-order valence-electron chi connectivity index (χ3n) is 18.2. The molecule has 0 fully saturated rings. The molecule has 16 nitrogen and oxygen atoms in total. The molecule has 24 heteroatoms. The third-order valence-corrected chi connectivity index (χ3v) is 24.9. The minimum absolute atomic E-state index is 0.255. The van der Waals surface area contributed by atoms with E-state index in [0.717, 1.165) is 87.6 Å². The van der Waals surface area contributed by atoms with Crippen LogP contribution in [0.25, 0.3) is 89.7 Å². The van der Waals surface area contributed by atoms with Crippen molar-refractivity contribution < 1.29 is 18.9 Å². The van der Waals surface area contributed by atoms with Gasteiger partial charge in [-0.15, -0.1) is 0 Å². The van der Waals surface area contributed by atoms with E-state index in [1.807, 2.05) is 48.5 Å². The maximum atomic E-state index is 7.91. The first-order valence-corrected chi connectivity index (χ1v) is 38.4. The van der Waals surface area contributed by atoms with E-state index in [0.29, 0.717) is 182 Å². The number of hydrogen-bond acceptors (Lipinski definition) is 18. The minimum atomic E-state index is 0.255. The van der Waals surface area contributed by atoms with Crippen LogP contribution in [0.3, 0.4) is 0 Å². The van der Waals surface area contributed by atoms with Gasteiger partial charge in [-0.25, -0.2) is 29.9 Å². The van der Waals surface area contributed by atoms with E-state index < -0.39 is 0 Å². The molecule has 0 atom stereocenters. The predicted octanol–water partition coefficient (Wildman–Crippen LogP) is 24.0. The summed E-state index contributed by atoms with van der Waals surface area (Å²) in [5.74, 6) is 3.96. The Morgan fingerprint density at radius 2 is 0.580 bits per heavy atom. The van der Waals surface area contributed by atoms with Crippen LogP contribution in [-0.4, -0.2) is 66.3 Å². The summed E-state index contributed by atoms with van der Waals surface area (Å²) in [4.78, 5) is 49.0. The normalized spacial score (nSPS) is 13.4. The molecule has 6 aliphatic rings. The Bertz CT molecular complexity index is 5140. The maximum Gasteiger partial charge on any atom is 0.168 e. The lowest BCUT2D eigenvalue weighted by Crippen LogP contribution is -2.07. The monoisotopic (exact) mass is 1480 g/mol. The molecule has 3 aromatic heterocycles. The zero-order chi connectivity index (χ0) is 68.5. The van der Waals surface area contributed by atoms with Crippen LogP contribution in [0.15, 0.2) is 136 Å². The lowest BCUT2D eigenvalue weighted by molar-refractivity contribution is 0.290. The van der Waals surface area contributed by atoms with Crippen LogP contribution in [0.4, 0.5) is 45.5 Å². The number of H-pyrrole nitrogens is 2. The number of fused-ring (bicyclic) bond motifs is 32. The molecule has 17 rings (SSSR count). The number of ether oxygens (including phenoxy) is 4. The highest BCUT2D eigenvalue weighted by Gasteiger charge is 2.40. The molecule has 100 heavy (non-hydrogen) atoms. The Balaban J connectivity index is 1.08. The molecule has 11 aromatic rings. The Hall–Kier alpha value is -7.92. The van der Waals surface area contributed by atoms with Crippen LogP contribution < -0.4 is 40.2 Å². The van der Waals surface area contributed by atoms with Crippen molar-refractivity contribution >= 4 is 183 Å². The zero-order valence-electron chi connectivity index (χ0n) is 55.7. The molecule has 0 spiro atoms. The van der Waals surface area contributed by atoms with Crippen LogP contribution in [0.2, 0.25) is 20.1 Å². The molecule has 0 amide bonds. The van der Waals surface area contributed by atoms with E-state index in [1.165, 1.54) is 0 Å². The lowest BCUT2D eigenvalue weighted by atomic mass is 10.0. The summed E-state index contributed by atoms with van der Waals surface area (Å²) in [6.45, 7) is 18.8. The third kappa shape index (κ3) is 11.2. The molecule has 0 aliphatic carbocycles. The number of nitrogens with one attached hydrogen (secondary N) is 6. The molecule has 8 bridgehead atoms. The van der Waals surface area contributed by atoms with Crippen molar-refractivity contribution in [1.82, 2.24) is 39.9 Å². The highest BCUT2D eigenvalue weighted by Crippen LogP contribution is 2.63. The SMILES string of the molecule is CC(C)CCOc1c(Cl)c2c(c3c1-c1nc-3nc3[nH]c(nc4nc(nc5[nH]c(n1)c1c6c(c(Cl)c(OCCC(C)C)c51)Sc1ccccc1N6)-c1c5c(c(Cl)c(OCCC(C)C)c1-4)Sc1ccccc1N5)c1c4c(c(Cl)c(OCCC(C)C)c31)Sc1ccccc1N4)Nc1ccccc1S2. The molecule has 0 radical (unpaired) electrons. The van der Waals surface area contributed by atoms with Gasteiger partial charge >= 0.3 is 0 Å². The predicted molar refractivity (Wildman–Crippen MR) is 411 cm³/mol. The van der Waals surface area contributed by atoms with Gasteiger partial charge in [-0.3, -0.25) is 0 Å². The van der Waals surface area contributed by atoms with Crippen LogP contribution in [0.5, 0.6) is 23.0 Å². The second-order valence-electron chi connectivity index (χ2n) is 27.0. The second-order valence-corrected chi connectivity index (χ2v) is 32.7. The summed E-state index contributed by atoms with van der Waals surface area (Å²) in [6, 6.07) is 32.7. The van der Waals surface area contributed by atoms with Crippen molar-refractivity contribution in [1.29, 1.82) is 0 Å². The van der Waals surface area contributed by atoms with Gasteiger partial charge in [0, 0.05) is 19.6 Å². The number of aromatic amines is 2. The van der Waals surface area contributed by atoms with Crippen LogP contribution in [0.1, 0.15) is 81.1 Å². The summed E-state index contributed by atoms with van der Waals surface area (Å²) >= 11 is 37.9. The molecule has 0 saturated carbocycles. The van der Waals surface area contributed by atoms with Crippen LogP contribution in [0, 0.1) is 23.7 Å². The number of hydrogen-bond donors (Lipinski definition) is 6. The first-order chi connectivity index (χ1) is 48.5. The fourth-order valence-electron chi connectivity index (χ4n) is 13.1. The van der Waals surface area contributed by atoms with Gasteiger partial charge in [0.2, 0.25) is 0 Å². The van der Waals surface area contributed by atoms with Gasteiger partial charge in [0.1, 0.15) is 22.6 Å². The number of benzene rings is 8. The summed E-state index contributed by atoms with van der Waals surface area (Å²) in [5, 5.41) is 19.3. The Labute approximate surface area is 614 Å². The lowest BCUT2D eigenvalue weighted by Gasteiger charge is -2.26. The molecule has 9 heterocycles. The average molecular weight is 1480 g/mol. The van der Waals surface area contributed by atoms with Gasteiger partial charge in [0.25, 0.3) is 0 Å². The van der Waals surface area contributed by atoms with Crippen molar-refractivity contribution in [2.45, 2.75) is 120 Å².